The minimum Gasteiger partial charge on any atom is -0.207 e. The first-order chi connectivity index (χ1) is 6.66. The van der Waals surface area contributed by atoms with Crippen LogP contribution in [-0.2, 0) is 0 Å². The molecule has 2 aromatic rings. The Morgan fingerprint density at radius 3 is 2.50 bits per heavy atom. The lowest BCUT2D eigenvalue weighted by molar-refractivity contribution is 0.585. The van der Waals surface area contributed by atoms with Crippen molar-refractivity contribution >= 4 is 22.9 Å². The molecular weight excluding hydrogens is 226 g/mol. The van der Waals surface area contributed by atoms with Crippen LogP contribution in [0.25, 0.3) is 11.1 Å². The molecule has 0 aliphatic rings. The lowest BCUT2D eigenvalue weighted by atomic mass is 10.1. The standard InChI is InChI=1S/C10H5ClF2S/c11-10-3-6(5-14-10)8-2-1-7(12)4-9(8)13/h1-5H. The summed E-state index contributed by atoms with van der Waals surface area (Å²) in [6, 6.07) is 5.15. The van der Waals surface area contributed by atoms with Gasteiger partial charge in [-0.15, -0.1) is 11.3 Å². The Balaban J connectivity index is 2.52. The van der Waals surface area contributed by atoms with Crippen LogP contribution in [0, 0.1) is 11.6 Å². The van der Waals surface area contributed by atoms with Crippen molar-refractivity contribution in [2.24, 2.45) is 0 Å². The number of thiophene rings is 1. The van der Waals surface area contributed by atoms with Gasteiger partial charge in [0.2, 0.25) is 0 Å². The Bertz CT molecular complexity index is 465. The molecular formula is C10H5ClF2S. The average Bonchev–Trinajstić information content (AvgIpc) is 2.51. The van der Waals surface area contributed by atoms with Gasteiger partial charge in [-0.25, -0.2) is 8.78 Å². The Hall–Kier alpha value is -0.930. The fourth-order valence-corrected chi connectivity index (χ4v) is 2.06. The lowest BCUT2D eigenvalue weighted by Gasteiger charge is -1.99. The van der Waals surface area contributed by atoms with Crippen LogP contribution < -0.4 is 0 Å². The van der Waals surface area contributed by atoms with Gasteiger partial charge in [0.05, 0.1) is 4.34 Å². The second kappa shape index (κ2) is 3.67. The maximum Gasteiger partial charge on any atom is 0.133 e. The van der Waals surface area contributed by atoms with Crippen molar-refractivity contribution in [3.8, 4) is 11.1 Å². The van der Waals surface area contributed by atoms with Gasteiger partial charge < -0.3 is 0 Å². The summed E-state index contributed by atoms with van der Waals surface area (Å²) in [5, 5.41) is 1.73. The molecule has 0 saturated carbocycles. The van der Waals surface area contributed by atoms with E-state index < -0.39 is 11.6 Å². The Labute approximate surface area is 88.8 Å². The van der Waals surface area contributed by atoms with Gasteiger partial charge in [-0.1, -0.05) is 11.6 Å². The van der Waals surface area contributed by atoms with Gasteiger partial charge in [-0.2, -0.15) is 0 Å². The Morgan fingerprint density at radius 2 is 1.93 bits per heavy atom. The van der Waals surface area contributed by atoms with Crippen molar-refractivity contribution in [3.05, 3.63) is 45.6 Å². The van der Waals surface area contributed by atoms with E-state index in [1.807, 2.05) is 0 Å². The van der Waals surface area contributed by atoms with E-state index in [9.17, 15) is 8.78 Å². The van der Waals surface area contributed by atoms with Crippen LogP contribution in [0.3, 0.4) is 0 Å². The number of hydrogen-bond acceptors (Lipinski definition) is 1. The second-order valence-corrected chi connectivity index (χ2v) is 4.31. The largest absolute Gasteiger partial charge is 0.207 e. The first-order valence-corrected chi connectivity index (χ1v) is 5.12. The molecule has 0 fully saturated rings. The van der Waals surface area contributed by atoms with E-state index in [1.165, 1.54) is 23.5 Å². The number of benzene rings is 1. The van der Waals surface area contributed by atoms with Crippen LogP contribution in [0.1, 0.15) is 0 Å². The smallest absolute Gasteiger partial charge is 0.133 e. The third-order valence-corrected chi connectivity index (χ3v) is 2.90. The summed E-state index contributed by atoms with van der Waals surface area (Å²) in [4.78, 5) is 0. The predicted octanol–water partition coefficient (Wildman–Crippen LogP) is 4.35. The van der Waals surface area contributed by atoms with Crippen molar-refractivity contribution in [3.63, 3.8) is 0 Å². The van der Waals surface area contributed by atoms with Crippen molar-refractivity contribution in [1.82, 2.24) is 0 Å². The molecule has 1 heterocycles. The molecule has 0 aliphatic heterocycles. The van der Waals surface area contributed by atoms with Crippen molar-refractivity contribution < 1.29 is 8.78 Å². The molecule has 0 spiro atoms. The summed E-state index contributed by atoms with van der Waals surface area (Å²) in [6.07, 6.45) is 0. The van der Waals surface area contributed by atoms with Gasteiger partial charge in [0.15, 0.2) is 0 Å². The molecule has 1 aromatic carbocycles. The molecule has 0 N–H and O–H groups in total. The second-order valence-electron chi connectivity index (χ2n) is 2.76. The van der Waals surface area contributed by atoms with E-state index in [2.05, 4.69) is 0 Å². The van der Waals surface area contributed by atoms with E-state index >= 15 is 0 Å². The molecule has 2 rings (SSSR count). The minimum atomic E-state index is -0.576. The molecule has 0 bridgehead atoms. The zero-order chi connectivity index (χ0) is 10.1. The highest BCUT2D eigenvalue weighted by atomic mass is 35.5. The first-order valence-electron chi connectivity index (χ1n) is 3.86. The fraction of sp³-hybridized carbons (Fsp3) is 0. The summed E-state index contributed by atoms with van der Waals surface area (Å²) < 4.78 is 26.5. The quantitative estimate of drug-likeness (QED) is 0.683. The van der Waals surface area contributed by atoms with Crippen LogP contribution in [0.5, 0.6) is 0 Å². The van der Waals surface area contributed by atoms with Gasteiger partial charge in [0.25, 0.3) is 0 Å². The van der Waals surface area contributed by atoms with E-state index in [4.69, 9.17) is 11.6 Å². The first kappa shape index (κ1) is 9.62. The molecule has 0 saturated heterocycles. The third-order valence-electron chi connectivity index (χ3n) is 1.81. The molecule has 0 atom stereocenters. The zero-order valence-corrected chi connectivity index (χ0v) is 8.50. The summed E-state index contributed by atoms with van der Waals surface area (Å²) >= 11 is 7.03. The highest BCUT2D eigenvalue weighted by molar-refractivity contribution is 7.14. The molecule has 4 heteroatoms. The Kier molecular flexibility index (Phi) is 2.52. The molecule has 0 radical (unpaired) electrons. The third kappa shape index (κ3) is 1.79. The number of hydrogen-bond donors (Lipinski definition) is 0. The SMILES string of the molecule is Fc1ccc(-c2csc(Cl)c2)c(F)c1. The molecule has 0 aliphatic carbocycles. The topological polar surface area (TPSA) is 0 Å². The van der Waals surface area contributed by atoms with Crippen molar-refractivity contribution in [1.29, 1.82) is 0 Å². The van der Waals surface area contributed by atoms with Gasteiger partial charge in [0.1, 0.15) is 11.6 Å². The molecule has 14 heavy (non-hydrogen) atoms. The van der Waals surface area contributed by atoms with Crippen LogP contribution in [0.4, 0.5) is 8.78 Å². The maximum absolute atomic E-state index is 13.3. The molecule has 0 amide bonds. The monoisotopic (exact) mass is 230 g/mol. The van der Waals surface area contributed by atoms with Crippen LogP contribution in [-0.4, -0.2) is 0 Å². The van der Waals surface area contributed by atoms with Crippen molar-refractivity contribution in [2.45, 2.75) is 0 Å². The van der Waals surface area contributed by atoms with Crippen molar-refractivity contribution in [2.75, 3.05) is 0 Å². The van der Waals surface area contributed by atoms with E-state index in [0.29, 0.717) is 15.5 Å². The summed E-state index contributed by atoms with van der Waals surface area (Å²) in [7, 11) is 0. The van der Waals surface area contributed by atoms with Crippen LogP contribution in [0.15, 0.2) is 29.6 Å². The summed E-state index contributed by atoms with van der Waals surface area (Å²) in [6.45, 7) is 0. The van der Waals surface area contributed by atoms with E-state index in [1.54, 1.807) is 11.4 Å². The minimum absolute atomic E-state index is 0.370. The summed E-state index contributed by atoms with van der Waals surface area (Å²) in [5.74, 6) is -1.15. The lowest BCUT2D eigenvalue weighted by Crippen LogP contribution is -1.83. The van der Waals surface area contributed by atoms with E-state index in [0.717, 1.165) is 6.07 Å². The van der Waals surface area contributed by atoms with Gasteiger partial charge in [0, 0.05) is 17.0 Å². The molecule has 0 nitrogen and oxygen atoms in total. The summed E-state index contributed by atoms with van der Waals surface area (Å²) in [5.41, 5.74) is 1.05. The normalized spacial score (nSPS) is 10.5. The number of rotatable bonds is 1. The predicted molar refractivity (Wildman–Crippen MR) is 54.7 cm³/mol. The zero-order valence-electron chi connectivity index (χ0n) is 6.93. The molecule has 72 valence electrons. The number of halogens is 3. The Morgan fingerprint density at radius 1 is 1.14 bits per heavy atom. The molecule has 0 unspecified atom stereocenters. The van der Waals surface area contributed by atoms with Gasteiger partial charge >= 0.3 is 0 Å². The van der Waals surface area contributed by atoms with E-state index in [-0.39, 0.29) is 0 Å². The molecule has 1 aromatic heterocycles. The maximum atomic E-state index is 13.3. The average molecular weight is 231 g/mol. The highest BCUT2D eigenvalue weighted by Crippen LogP contribution is 2.30. The fourth-order valence-electron chi connectivity index (χ4n) is 1.17. The van der Waals surface area contributed by atoms with Crippen LogP contribution >= 0.6 is 22.9 Å². The van der Waals surface area contributed by atoms with Gasteiger partial charge in [-0.3, -0.25) is 0 Å². The van der Waals surface area contributed by atoms with Crippen LogP contribution in [0.2, 0.25) is 4.34 Å². The van der Waals surface area contributed by atoms with Gasteiger partial charge in [-0.05, 0) is 23.8 Å². The highest BCUT2D eigenvalue weighted by Gasteiger charge is 2.07.